The summed E-state index contributed by atoms with van der Waals surface area (Å²) in [6.07, 6.45) is -4.37. The minimum atomic E-state index is -4.37. The Balaban J connectivity index is 2.50. The lowest BCUT2D eigenvalue weighted by molar-refractivity contribution is -0.137. The van der Waals surface area contributed by atoms with Gasteiger partial charge in [0, 0.05) is 5.56 Å². The molecule has 5 heteroatoms. The van der Waals surface area contributed by atoms with Crippen LogP contribution in [0.25, 0.3) is 11.1 Å². The molecule has 0 N–H and O–H groups in total. The molecule has 0 aromatic heterocycles. The maximum atomic E-state index is 12.5. The number of hydrogen-bond donors (Lipinski definition) is 0. The molecule has 19 heavy (non-hydrogen) atoms. The van der Waals surface area contributed by atoms with E-state index in [1.165, 1.54) is 12.1 Å². The average molecular weight is 282 g/mol. The van der Waals surface area contributed by atoms with Crippen LogP contribution in [-0.2, 0) is 6.18 Å². The molecule has 1 nitrogen and oxygen atoms in total. The van der Waals surface area contributed by atoms with E-state index in [1.54, 1.807) is 18.2 Å². The first-order valence-electron chi connectivity index (χ1n) is 5.29. The largest absolute Gasteiger partial charge is 0.416 e. The van der Waals surface area contributed by atoms with Crippen LogP contribution in [0.2, 0.25) is 5.02 Å². The van der Waals surface area contributed by atoms with Crippen LogP contribution in [0.3, 0.4) is 0 Å². The third-order valence-electron chi connectivity index (χ3n) is 2.65. The lowest BCUT2D eigenvalue weighted by Gasteiger charge is -2.09. The van der Waals surface area contributed by atoms with Crippen molar-refractivity contribution in [1.82, 2.24) is 0 Å². The van der Waals surface area contributed by atoms with Crippen LogP contribution >= 0.6 is 11.6 Å². The molecule has 0 aliphatic rings. The standard InChI is InChI=1S/C14H7ClF3N/c15-13-3-1-2-11(12(13)8-19)9-4-6-10(7-5-9)14(16,17)18/h1-7H. The molecule has 0 aliphatic carbocycles. The van der Waals surface area contributed by atoms with Gasteiger partial charge in [0.1, 0.15) is 6.07 Å². The predicted molar refractivity (Wildman–Crippen MR) is 66.6 cm³/mol. The van der Waals surface area contributed by atoms with Gasteiger partial charge >= 0.3 is 6.18 Å². The lowest BCUT2D eigenvalue weighted by atomic mass is 9.99. The number of benzene rings is 2. The molecule has 0 atom stereocenters. The van der Waals surface area contributed by atoms with E-state index >= 15 is 0 Å². The zero-order valence-corrected chi connectivity index (χ0v) is 10.3. The van der Waals surface area contributed by atoms with Crippen LogP contribution in [0.4, 0.5) is 13.2 Å². The third-order valence-corrected chi connectivity index (χ3v) is 2.96. The Morgan fingerprint density at radius 3 is 2.16 bits per heavy atom. The summed E-state index contributed by atoms with van der Waals surface area (Å²) in [5.74, 6) is 0. The minimum absolute atomic E-state index is 0.254. The molecule has 0 saturated heterocycles. The fourth-order valence-electron chi connectivity index (χ4n) is 1.72. The first kappa shape index (κ1) is 13.4. The minimum Gasteiger partial charge on any atom is -0.192 e. The van der Waals surface area contributed by atoms with Gasteiger partial charge in [-0.3, -0.25) is 0 Å². The Kier molecular flexibility index (Phi) is 3.50. The van der Waals surface area contributed by atoms with E-state index in [-0.39, 0.29) is 10.6 Å². The molecule has 0 heterocycles. The van der Waals surface area contributed by atoms with E-state index in [9.17, 15) is 13.2 Å². The number of rotatable bonds is 1. The maximum absolute atomic E-state index is 12.5. The first-order valence-corrected chi connectivity index (χ1v) is 5.67. The van der Waals surface area contributed by atoms with Crippen LogP contribution in [-0.4, -0.2) is 0 Å². The molecule has 0 saturated carbocycles. The van der Waals surface area contributed by atoms with Crippen molar-refractivity contribution < 1.29 is 13.2 Å². The van der Waals surface area contributed by atoms with Crippen molar-refractivity contribution in [2.24, 2.45) is 0 Å². The van der Waals surface area contributed by atoms with E-state index in [1.807, 2.05) is 6.07 Å². The fraction of sp³-hybridized carbons (Fsp3) is 0.0714. The first-order chi connectivity index (χ1) is 8.93. The van der Waals surface area contributed by atoms with Crippen LogP contribution in [0.1, 0.15) is 11.1 Å². The molecule has 0 spiro atoms. The fourth-order valence-corrected chi connectivity index (χ4v) is 1.93. The highest BCUT2D eigenvalue weighted by atomic mass is 35.5. The molecular weight excluding hydrogens is 275 g/mol. The van der Waals surface area contributed by atoms with Gasteiger partial charge in [0.15, 0.2) is 0 Å². The van der Waals surface area contributed by atoms with Gasteiger partial charge in [-0.1, -0.05) is 35.9 Å². The van der Waals surface area contributed by atoms with E-state index < -0.39 is 11.7 Å². The van der Waals surface area contributed by atoms with Crippen molar-refractivity contribution in [2.45, 2.75) is 6.18 Å². The van der Waals surface area contributed by atoms with Crippen LogP contribution < -0.4 is 0 Å². The third kappa shape index (κ3) is 2.72. The van der Waals surface area contributed by atoms with Crippen molar-refractivity contribution in [2.75, 3.05) is 0 Å². The molecule has 0 bridgehead atoms. The van der Waals surface area contributed by atoms with E-state index in [2.05, 4.69) is 0 Å². The zero-order valence-electron chi connectivity index (χ0n) is 9.50. The highest BCUT2D eigenvalue weighted by molar-refractivity contribution is 6.32. The summed E-state index contributed by atoms with van der Waals surface area (Å²) < 4.78 is 37.4. The Morgan fingerprint density at radius 2 is 1.63 bits per heavy atom. The summed E-state index contributed by atoms with van der Waals surface area (Å²) in [7, 11) is 0. The van der Waals surface area contributed by atoms with Gasteiger partial charge in [-0.2, -0.15) is 18.4 Å². The molecule has 2 aromatic rings. The molecule has 2 aromatic carbocycles. The second-order valence-electron chi connectivity index (χ2n) is 3.85. The normalized spacial score (nSPS) is 11.1. The number of alkyl halides is 3. The molecule has 96 valence electrons. The number of nitriles is 1. The highest BCUT2D eigenvalue weighted by Crippen LogP contribution is 2.33. The maximum Gasteiger partial charge on any atom is 0.416 e. The van der Waals surface area contributed by atoms with Crippen LogP contribution in [0, 0.1) is 11.3 Å². The van der Waals surface area contributed by atoms with Crippen LogP contribution in [0.15, 0.2) is 42.5 Å². The molecule has 2 rings (SSSR count). The summed E-state index contributed by atoms with van der Waals surface area (Å²) in [6, 6.07) is 11.4. The van der Waals surface area contributed by atoms with Gasteiger partial charge in [0.2, 0.25) is 0 Å². The number of halogens is 4. The van der Waals surface area contributed by atoms with E-state index in [0.29, 0.717) is 11.1 Å². The summed E-state index contributed by atoms with van der Waals surface area (Å²) in [4.78, 5) is 0. The quantitative estimate of drug-likeness (QED) is 0.729. The van der Waals surface area contributed by atoms with Gasteiger partial charge in [0.05, 0.1) is 16.1 Å². The van der Waals surface area contributed by atoms with E-state index in [4.69, 9.17) is 16.9 Å². The van der Waals surface area contributed by atoms with Crippen molar-refractivity contribution in [1.29, 1.82) is 5.26 Å². The summed E-state index contributed by atoms with van der Waals surface area (Å²) in [5, 5.41) is 9.31. The molecular formula is C14H7ClF3N. The second-order valence-corrected chi connectivity index (χ2v) is 4.26. The van der Waals surface area contributed by atoms with Crippen molar-refractivity contribution in [3.05, 3.63) is 58.6 Å². The van der Waals surface area contributed by atoms with Crippen molar-refractivity contribution in [3.63, 3.8) is 0 Å². The SMILES string of the molecule is N#Cc1c(Cl)cccc1-c1ccc(C(F)(F)F)cc1. The highest BCUT2D eigenvalue weighted by Gasteiger charge is 2.30. The molecule has 0 aliphatic heterocycles. The number of hydrogen-bond acceptors (Lipinski definition) is 1. The van der Waals surface area contributed by atoms with Gasteiger partial charge in [-0.05, 0) is 23.8 Å². The van der Waals surface area contributed by atoms with Gasteiger partial charge in [0.25, 0.3) is 0 Å². The molecule has 0 fully saturated rings. The summed E-state index contributed by atoms with van der Waals surface area (Å²) in [5.41, 5.74) is 0.566. The Labute approximate surface area is 112 Å². The zero-order chi connectivity index (χ0) is 14.0. The Hall–Kier alpha value is -1.99. The van der Waals surface area contributed by atoms with Gasteiger partial charge in [-0.25, -0.2) is 0 Å². The topological polar surface area (TPSA) is 23.8 Å². The van der Waals surface area contributed by atoms with Crippen LogP contribution in [0.5, 0.6) is 0 Å². The van der Waals surface area contributed by atoms with Gasteiger partial charge < -0.3 is 0 Å². The Morgan fingerprint density at radius 1 is 1.00 bits per heavy atom. The summed E-state index contributed by atoms with van der Waals surface area (Å²) >= 11 is 5.88. The lowest BCUT2D eigenvalue weighted by Crippen LogP contribution is -2.04. The van der Waals surface area contributed by atoms with Crippen molar-refractivity contribution >= 4 is 11.6 Å². The summed E-state index contributed by atoms with van der Waals surface area (Å²) in [6.45, 7) is 0. The van der Waals surface area contributed by atoms with Gasteiger partial charge in [-0.15, -0.1) is 0 Å². The second kappa shape index (κ2) is 4.94. The molecule has 0 radical (unpaired) electrons. The number of nitrogens with zero attached hydrogens (tertiary/aromatic N) is 1. The Bertz CT molecular complexity index is 639. The van der Waals surface area contributed by atoms with E-state index in [0.717, 1.165) is 12.1 Å². The smallest absolute Gasteiger partial charge is 0.192 e. The molecule has 0 amide bonds. The average Bonchev–Trinajstić information content (AvgIpc) is 2.37. The predicted octanol–water partition coefficient (Wildman–Crippen LogP) is 4.90. The van der Waals surface area contributed by atoms with Crippen molar-refractivity contribution in [3.8, 4) is 17.2 Å². The molecule has 0 unspecified atom stereocenters. The monoisotopic (exact) mass is 281 g/mol.